The van der Waals surface area contributed by atoms with Crippen LogP contribution in [-0.4, -0.2) is 45.4 Å². The lowest BCUT2D eigenvalue weighted by Crippen LogP contribution is -2.32. The van der Waals surface area contributed by atoms with Crippen molar-refractivity contribution in [1.29, 1.82) is 0 Å². The fourth-order valence-corrected chi connectivity index (χ4v) is 6.03. The summed E-state index contributed by atoms with van der Waals surface area (Å²) >= 11 is 3.15. The largest absolute Gasteiger partial charge is 0.496 e. The second-order valence-electron chi connectivity index (χ2n) is 8.73. The van der Waals surface area contributed by atoms with Crippen LogP contribution in [-0.2, 0) is 4.18 Å². The van der Waals surface area contributed by atoms with Crippen LogP contribution >= 0.6 is 35.8 Å². The molecule has 0 atom stereocenters. The lowest BCUT2D eigenvalue weighted by molar-refractivity contribution is 0.194. The number of rotatable bonds is 10. The zero-order valence-electron chi connectivity index (χ0n) is 21.1. The van der Waals surface area contributed by atoms with Crippen LogP contribution in [0, 0.1) is 0 Å². The quantitative estimate of drug-likeness (QED) is 0.144. The molecule has 0 aliphatic carbocycles. The van der Waals surface area contributed by atoms with Crippen molar-refractivity contribution in [3.63, 3.8) is 0 Å². The first-order valence-corrected chi connectivity index (χ1v) is 13.8. The van der Waals surface area contributed by atoms with Gasteiger partial charge in [0.15, 0.2) is 11.5 Å². The number of nitrogens with zero attached hydrogens (tertiary/aromatic N) is 1. The van der Waals surface area contributed by atoms with Gasteiger partial charge in [-0.25, -0.2) is 0 Å². The van der Waals surface area contributed by atoms with Gasteiger partial charge in [0.2, 0.25) is 0 Å². The molecule has 2 heterocycles. The van der Waals surface area contributed by atoms with Crippen LogP contribution < -0.4 is 14.2 Å². The molecule has 5 nitrogen and oxygen atoms in total. The molecule has 0 radical (unpaired) electrons. The minimum absolute atomic E-state index is 0. The zero-order valence-corrected chi connectivity index (χ0v) is 23.6. The van der Waals surface area contributed by atoms with E-state index >= 15 is 0 Å². The summed E-state index contributed by atoms with van der Waals surface area (Å²) < 4.78 is 24.6. The minimum Gasteiger partial charge on any atom is -0.496 e. The fourth-order valence-electron chi connectivity index (χ4n) is 4.41. The number of hydrogen-bond donors (Lipinski definition) is 0. The normalized spacial score (nSPS) is 13.8. The Morgan fingerprint density at radius 3 is 2.32 bits per heavy atom. The molecule has 0 saturated carbocycles. The van der Waals surface area contributed by atoms with Gasteiger partial charge in [-0.15, -0.1) is 23.7 Å². The van der Waals surface area contributed by atoms with Gasteiger partial charge in [0.1, 0.15) is 11.5 Å². The number of benzene rings is 3. The summed E-state index contributed by atoms with van der Waals surface area (Å²) in [6.45, 7) is 4.11. The number of fused-ring (bicyclic) bond motifs is 1. The average Bonchev–Trinajstić information content (AvgIpc) is 3.36. The smallest absolute Gasteiger partial charge is 0.170 e. The molecule has 4 aromatic rings. The van der Waals surface area contributed by atoms with E-state index in [9.17, 15) is 0 Å². The highest BCUT2D eigenvalue weighted by Crippen LogP contribution is 2.45. The van der Waals surface area contributed by atoms with Crippen molar-refractivity contribution in [2.24, 2.45) is 0 Å². The van der Waals surface area contributed by atoms with E-state index in [0.717, 1.165) is 40.0 Å². The van der Waals surface area contributed by atoms with Crippen molar-refractivity contribution in [2.45, 2.75) is 24.2 Å². The van der Waals surface area contributed by atoms with Crippen molar-refractivity contribution in [1.82, 2.24) is 4.90 Å². The Labute approximate surface area is 233 Å². The van der Waals surface area contributed by atoms with Crippen LogP contribution in [0.4, 0.5) is 0 Å². The zero-order chi connectivity index (χ0) is 24.7. The van der Waals surface area contributed by atoms with Crippen molar-refractivity contribution in [3.05, 3.63) is 66.7 Å². The molecular weight excluding hydrogens is 526 g/mol. The fraction of sp³-hybridized carbons (Fsp3) is 0.310. The number of thiophene rings is 1. The van der Waals surface area contributed by atoms with E-state index in [1.54, 1.807) is 25.6 Å². The van der Waals surface area contributed by atoms with Crippen molar-refractivity contribution in [3.8, 4) is 33.4 Å². The Hall–Kier alpha value is -2.42. The van der Waals surface area contributed by atoms with Gasteiger partial charge in [-0.1, -0.05) is 24.6 Å². The molecule has 1 aliphatic rings. The second-order valence-corrected chi connectivity index (χ2v) is 10.7. The molecule has 196 valence electrons. The number of likely N-dealkylation sites (tertiary alicyclic amines) is 1. The molecule has 8 heteroatoms. The van der Waals surface area contributed by atoms with Crippen molar-refractivity contribution in [2.75, 3.05) is 40.5 Å². The summed E-state index contributed by atoms with van der Waals surface area (Å²) in [6.07, 6.45) is 3.97. The van der Waals surface area contributed by atoms with Crippen LogP contribution in [0.1, 0.15) is 19.3 Å². The third-order valence-electron chi connectivity index (χ3n) is 6.32. The number of ether oxygens (including phenoxy) is 3. The average molecular weight is 558 g/mol. The molecule has 1 fully saturated rings. The van der Waals surface area contributed by atoms with E-state index in [4.69, 9.17) is 18.4 Å². The molecule has 1 aliphatic heterocycles. The Balaban J connectivity index is 0.00000320. The molecule has 0 bridgehead atoms. The predicted molar refractivity (Wildman–Crippen MR) is 156 cm³/mol. The van der Waals surface area contributed by atoms with Crippen LogP contribution in [0.25, 0.3) is 20.5 Å². The molecular formula is C29H32ClNO4S2. The highest BCUT2D eigenvalue weighted by atomic mass is 35.5. The standard InChI is InChI=1S/C29H31NO4S2.ClH/c1-31-25-20-26(32-2)27(19-24(25)29-18-21-8-4-5-9-28(21)35-29)34-22-10-12-23(13-11-22)36-33-17-16-30-14-6-3-7-15-30;/h4-5,8-13,18-20H,3,6-7,14-17H2,1-2H3;1H. The maximum atomic E-state index is 6.26. The maximum Gasteiger partial charge on any atom is 0.170 e. The Bertz CT molecular complexity index is 1260. The predicted octanol–water partition coefficient (Wildman–Crippen LogP) is 8.31. The van der Waals surface area contributed by atoms with Crippen LogP contribution in [0.5, 0.6) is 23.0 Å². The van der Waals surface area contributed by atoms with E-state index in [0.29, 0.717) is 11.5 Å². The van der Waals surface area contributed by atoms with Gasteiger partial charge in [-0.3, -0.25) is 0 Å². The first kappa shape index (κ1) is 27.6. The van der Waals surface area contributed by atoms with E-state index in [1.165, 1.54) is 54.5 Å². The number of hydrogen-bond acceptors (Lipinski definition) is 7. The molecule has 1 saturated heterocycles. The van der Waals surface area contributed by atoms with Gasteiger partial charge < -0.3 is 23.3 Å². The SMILES string of the molecule is COc1cc(OC)c(-c2cc3ccccc3s2)cc1Oc1ccc(SOCCN2CCCCC2)cc1.Cl. The van der Waals surface area contributed by atoms with E-state index in [-0.39, 0.29) is 12.4 Å². The molecule has 0 unspecified atom stereocenters. The third kappa shape index (κ3) is 6.92. The van der Waals surface area contributed by atoms with Crippen LogP contribution in [0.3, 0.4) is 0 Å². The molecule has 0 spiro atoms. The van der Waals surface area contributed by atoms with Gasteiger partial charge in [0, 0.05) is 44.7 Å². The molecule has 0 N–H and O–H groups in total. The van der Waals surface area contributed by atoms with Gasteiger partial charge in [0.05, 0.1) is 20.8 Å². The molecule has 3 aromatic carbocycles. The second kappa shape index (κ2) is 13.4. The van der Waals surface area contributed by atoms with E-state index in [1.807, 2.05) is 36.4 Å². The summed E-state index contributed by atoms with van der Waals surface area (Å²) in [5.41, 5.74) is 0.976. The van der Waals surface area contributed by atoms with Crippen LogP contribution in [0.2, 0.25) is 0 Å². The lowest BCUT2D eigenvalue weighted by Gasteiger charge is -2.25. The first-order chi connectivity index (χ1) is 17.7. The van der Waals surface area contributed by atoms with E-state index in [2.05, 4.69) is 35.2 Å². The van der Waals surface area contributed by atoms with Gasteiger partial charge >= 0.3 is 0 Å². The topological polar surface area (TPSA) is 40.2 Å². The highest BCUT2D eigenvalue weighted by Gasteiger charge is 2.17. The molecule has 37 heavy (non-hydrogen) atoms. The monoisotopic (exact) mass is 557 g/mol. The van der Waals surface area contributed by atoms with Gasteiger partial charge in [-0.05, 0) is 73.8 Å². The summed E-state index contributed by atoms with van der Waals surface area (Å²) in [6, 6.07) is 22.4. The summed E-state index contributed by atoms with van der Waals surface area (Å²) in [5.74, 6) is 2.75. The highest BCUT2D eigenvalue weighted by molar-refractivity contribution is 7.94. The Morgan fingerprint density at radius 2 is 1.59 bits per heavy atom. The first-order valence-electron chi connectivity index (χ1n) is 12.3. The molecule has 1 aromatic heterocycles. The van der Waals surface area contributed by atoms with Crippen molar-refractivity contribution >= 4 is 45.9 Å². The lowest BCUT2D eigenvalue weighted by atomic mass is 10.1. The Kier molecular flexibility index (Phi) is 10.00. The summed E-state index contributed by atoms with van der Waals surface area (Å²) in [5, 5.41) is 1.21. The summed E-state index contributed by atoms with van der Waals surface area (Å²) in [4.78, 5) is 4.65. The van der Waals surface area contributed by atoms with Crippen molar-refractivity contribution < 1.29 is 18.4 Å². The number of methoxy groups -OCH3 is 2. The van der Waals surface area contributed by atoms with Gasteiger partial charge in [-0.2, -0.15) is 0 Å². The maximum absolute atomic E-state index is 6.26. The Morgan fingerprint density at radius 1 is 0.838 bits per heavy atom. The molecule has 0 amide bonds. The van der Waals surface area contributed by atoms with Crippen LogP contribution in [0.15, 0.2) is 71.6 Å². The third-order valence-corrected chi connectivity index (χ3v) is 8.22. The minimum atomic E-state index is 0. The summed E-state index contributed by atoms with van der Waals surface area (Å²) in [7, 11) is 3.32. The molecule has 5 rings (SSSR count). The van der Waals surface area contributed by atoms with E-state index < -0.39 is 0 Å². The number of halogens is 1. The number of piperidine rings is 1. The van der Waals surface area contributed by atoms with Gasteiger partial charge in [0.25, 0.3) is 0 Å².